The van der Waals surface area contributed by atoms with Crippen LogP contribution in [0.4, 0.5) is 0 Å². The smallest absolute Gasteiger partial charge is 0.191 e. The summed E-state index contributed by atoms with van der Waals surface area (Å²) >= 11 is 1.83. The van der Waals surface area contributed by atoms with Crippen LogP contribution in [0.3, 0.4) is 0 Å². The summed E-state index contributed by atoms with van der Waals surface area (Å²) in [6.45, 7) is 2.54. The number of aliphatic imine (C=N–C) groups is 1. The maximum atomic E-state index is 4.25. The highest BCUT2D eigenvalue weighted by atomic mass is 32.2. The molecule has 0 atom stereocenters. The second-order valence-electron chi connectivity index (χ2n) is 5.30. The zero-order valence-corrected chi connectivity index (χ0v) is 14.1. The van der Waals surface area contributed by atoms with E-state index >= 15 is 0 Å². The molecular weight excluding hydrogens is 308 g/mol. The van der Waals surface area contributed by atoms with E-state index in [1.807, 2.05) is 17.8 Å². The Kier molecular flexibility index (Phi) is 5.52. The summed E-state index contributed by atoms with van der Waals surface area (Å²) in [5.41, 5.74) is 0. The summed E-state index contributed by atoms with van der Waals surface area (Å²) in [6, 6.07) is 10.4. The van der Waals surface area contributed by atoms with E-state index in [9.17, 15) is 0 Å². The van der Waals surface area contributed by atoms with Crippen molar-refractivity contribution in [1.82, 2.24) is 25.4 Å². The Bertz CT molecular complexity index is 652. The minimum absolute atomic E-state index is 0.651. The SMILES string of the molecule is CN=C(NCCSc1ccccc1)NCc1nnc2n1CCC2. The predicted octanol–water partition coefficient (Wildman–Crippen LogP) is 1.68. The van der Waals surface area contributed by atoms with Crippen molar-refractivity contribution in [3.8, 4) is 0 Å². The molecule has 3 rings (SSSR count). The van der Waals surface area contributed by atoms with Gasteiger partial charge in [-0.1, -0.05) is 18.2 Å². The fourth-order valence-electron chi connectivity index (χ4n) is 2.58. The van der Waals surface area contributed by atoms with Crippen molar-refractivity contribution in [1.29, 1.82) is 0 Å². The molecule has 1 aromatic carbocycles. The number of aryl methyl sites for hydroxylation is 1. The van der Waals surface area contributed by atoms with Crippen LogP contribution in [0.5, 0.6) is 0 Å². The number of fused-ring (bicyclic) bond motifs is 1. The second kappa shape index (κ2) is 8.01. The molecule has 0 spiro atoms. The molecule has 23 heavy (non-hydrogen) atoms. The largest absolute Gasteiger partial charge is 0.356 e. The average molecular weight is 330 g/mol. The van der Waals surface area contributed by atoms with Gasteiger partial charge in [-0.05, 0) is 18.6 Å². The van der Waals surface area contributed by atoms with Crippen molar-refractivity contribution < 1.29 is 0 Å². The van der Waals surface area contributed by atoms with Crippen LogP contribution in [0, 0.1) is 0 Å². The Hall–Kier alpha value is -2.02. The van der Waals surface area contributed by atoms with E-state index in [1.165, 1.54) is 11.3 Å². The molecule has 0 radical (unpaired) electrons. The lowest BCUT2D eigenvalue weighted by molar-refractivity contribution is 0.664. The summed E-state index contributed by atoms with van der Waals surface area (Å²) in [5, 5.41) is 15.1. The average Bonchev–Trinajstić information content (AvgIpc) is 3.19. The highest BCUT2D eigenvalue weighted by Gasteiger charge is 2.16. The summed E-state index contributed by atoms with van der Waals surface area (Å²) < 4.78 is 2.20. The van der Waals surface area contributed by atoms with Gasteiger partial charge in [0.1, 0.15) is 5.82 Å². The molecule has 0 amide bonds. The normalized spacial score (nSPS) is 13.9. The van der Waals surface area contributed by atoms with Crippen LogP contribution >= 0.6 is 11.8 Å². The van der Waals surface area contributed by atoms with E-state index in [2.05, 4.69) is 54.7 Å². The lowest BCUT2D eigenvalue weighted by Crippen LogP contribution is -2.38. The van der Waals surface area contributed by atoms with Crippen molar-refractivity contribution >= 4 is 17.7 Å². The molecule has 0 bridgehead atoms. The van der Waals surface area contributed by atoms with Crippen molar-refractivity contribution in [3.05, 3.63) is 42.0 Å². The van der Waals surface area contributed by atoms with Gasteiger partial charge in [-0.15, -0.1) is 22.0 Å². The molecule has 0 fully saturated rings. The predicted molar refractivity (Wildman–Crippen MR) is 93.7 cm³/mol. The number of benzene rings is 1. The maximum absolute atomic E-state index is 4.25. The molecule has 2 N–H and O–H groups in total. The summed E-state index contributed by atoms with van der Waals surface area (Å²) in [7, 11) is 1.79. The van der Waals surface area contributed by atoms with Gasteiger partial charge in [-0.3, -0.25) is 4.99 Å². The van der Waals surface area contributed by atoms with Gasteiger partial charge in [-0.25, -0.2) is 0 Å². The number of hydrogen-bond donors (Lipinski definition) is 2. The molecule has 0 unspecified atom stereocenters. The number of rotatable bonds is 6. The molecular formula is C16H22N6S. The molecule has 1 aromatic heterocycles. The molecule has 0 saturated heterocycles. The van der Waals surface area contributed by atoms with E-state index in [-0.39, 0.29) is 0 Å². The standard InChI is InChI=1S/C16H22N6S/c1-17-16(18-9-11-23-13-6-3-2-4-7-13)19-12-15-21-20-14-8-5-10-22(14)15/h2-4,6-7H,5,8-12H2,1H3,(H2,17,18,19). The Labute approximate surface area is 140 Å². The van der Waals surface area contributed by atoms with Crippen LogP contribution in [0.2, 0.25) is 0 Å². The quantitative estimate of drug-likeness (QED) is 0.365. The summed E-state index contributed by atoms with van der Waals surface area (Å²) in [4.78, 5) is 5.54. The van der Waals surface area contributed by atoms with Crippen LogP contribution < -0.4 is 10.6 Å². The fraction of sp³-hybridized carbons (Fsp3) is 0.438. The van der Waals surface area contributed by atoms with Crippen molar-refractivity contribution in [2.45, 2.75) is 30.8 Å². The number of aromatic nitrogens is 3. The van der Waals surface area contributed by atoms with Gasteiger partial charge in [0.05, 0.1) is 6.54 Å². The molecule has 1 aliphatic heterocycles. The molecule has 1 aliphatic rings. The minimum Gasteiger partial charge on any atom is -0.356 e. The summed E-state index contributed by atoms with van der Waals surface area (Å²) in [6.07, 6.45) is 2.21. The van der Waals surface area contributed by atoms with Crippen molar-refractivity contribution in [2.75, 3.05) is 19.3 Å². The van der Waals surface area contributed by atoms with Crippen LogP contribution in [-0.4, -0.2) is 40.1 Å². The van der Waals surface area contributed by atoms with Gasteiger partial charge in [-0.2, -0.15) is 0 Å². The number of nitrogens with one attached hydrogen (secondary N) is 2. The Morgan fingerprint density at radius 2 is 2.13 bits per heavy atom. The van der Waals surface area contributed by atoms with E-state index in [0.29, 0.717) is 6.54 Å². The van der Waals surface area contributed by atoms with Crippen LogP contribution in [0.15, 0.2) is 40.2 Å². The van der Waals surface area contributed by atoms with Crippen molar-refractivity contribution in [2.24, 2.45) is 4.99 Å². The van der Waals surface area contributed by atoms with E-state index in [0.717, 1.165) is 42.9 Å². The van der Waals surface area contributed by atoms with Crippen LogP contribution in [0.1, 0.15) is 18.1 Å². The fourth-order valence-corrected chi connectivity index (χ4v) is 3.37. The van der Waals surface area contributed by atoms with Gasteiger partial charge < -0.3 is 15.2 Å². The highest BCUT2D eigenvalue weighted by molar-refractivity contribution is 7.99. The van der Waals surface area contributed by atoms with Crippen molar-refractivity contribution in [3.63, 3.8) is 0 Å². The van der Waals surface area contributed by atoms with Gasteiger partial charge in [0.15, 0.2) is 11.8 Å². The number of thioether (sulfide) groups is 1. The molecule has 6 nitrogen and oxygen atoms in total. The number of nitrogens with zero attached hydrogens (tertiary/aromatic N) is 4. The van der Waals surface area contributed by atoms with Gasteiger partial charge >= 0.3 is 0 Å². The molecule has 0 saturated carbocycles. The van der Waals surface area contributed by atoms with Gasteiger partial charge in [0, 0.05) is 37.2 Å². The van der Waals surface area contributed by atoms with E-state index < -0.39 is 0 Å². The Morgan fingerprint density at radius 1 is 1.26 bits per heavy atom. The monoisotopic (exact) mass is 330 g/mol. The Balaban J connectivity index is 1.40. The first-order valence-corrected chi connectivity index (χ1v) is 8.88. The first-order chi connectivity index (χ1) is 11.4. The van der Waals surface area contributed by atoms with E-state index in [1.54, 1.807) is 7.05 Å². The molecule has 0 aliphatic carbocycles. The minimum atomic E-state index is 0.651. The number of hydrogen-bond acceptors (Lipinski definition) is 4. The first kappa shape index (κ1) is 15.9. The second-order valence-corrected chi connectivity index (χ2v) is 6.47. The zero-order valence-electron chi connectivity index (χ0n) is 13.3. The molecule has 7 heteroatoms. The zero-order chi connectivity index (χ0) is 15.9. The third kappa shape index (κ3) is 4.25. The summed E-state index contributed by atoms with van der Waals surface area (Å²) in [5.74, 6) is 3.88. The Morgan fingerprint density at radius 3 is 2.96 bits per heavy atom. The first-order valence-electron chi connectivity index (χ1n) is 7.90. The third-order valence-corrected chi connectivity index (χ3v) is 4.74. The van der Waals surface area contributed by atoms with Crippen LogP contribution in [-0.2, 0) is 19.5 Å². The highest BCUT2D eigenvalue weighted by Crippen LogP contribution is 2.16. The topological polar surface area (TPSA) is 67.1 Å². The van der Waals surface area contributed by atoms with E-state index in [4.69, 9.17) is 0 Å². The maximum Gasteiger partial charge on any atom is 0.191 e. The lowest BCUT2D eigenvalue weighted by Gasteiger charge is -2.11. The van der Waals surface area contributed by atoms with Gasteiger partial charge in [0.25, 0.3) is 0 Å². The third-order valence-electron chi connectivity index (χ3n) is 3.73. The van der Waals surface area contributed by atoms with Crippen LogP contribution in [0.25, 0.3) is 0 Å². The van der Waals surface area contributed by atoms with Gasteiger partial charge in [0.2, 0.25) is 0 Å². The lowest BCUT2D eigenvalue weighted by atomic mass is 10.4. The number of guanidine groups is 1. The molecule has 122 valence electrons. The molecule has 2 aromatic rings. The molecule has 2 heterocycles.